The number of hydrogen-bond acceptors (Lipinski definition) is 30. The third kappa shape index (κ3) is 21.6. The van der Waals surface area contributed by atoms with E-state index in [4.69, 9.17) is 46.8 Å². The lowest BCUT2D eigenvalue weighted by Gasteiger charge is -2.50. The standard InChI is InChI=1S/C38H67N5O34S5/c1-13(44)39-17-20(46)24(16(12-67-82(63,64)65)69-35(17)76-38(6,7)8)71-36-28(77-79(10,55)56)23(49)26(30(74-36)32(51)52)72-33-19(43-80(57,58)59)21(47)25(15(68-33)11-66-81(60,61)62)70-34-18(42-78(9,53)54)22(48)27(75-37(3,4)5)29(73-34)31(50)41-40-14(2)45/h15-30,33-36,42-43,46-49H,11-12H2,1-10H3,(H,39,44)(H,40,45)(H,41,50)(H,51,52)(H,57,58,59)(H,60,61,62)(H,63,64,65)/t15?,16?,17?,18?,19?,20-,21-,22-,23+,24-,25-,26+,27+,28?,29?,30?,33+,34-,35+,36-/m1/s1. The van der Waals surface area contributed by atoms with Crippen LogP contribution in [0, 0.1) is 0 Å². The molecule has 4 heterocycles. The molecule has 39 nitrogen and oxygen atoms in total. The van der Waals surface area contributed by atoms with E-state index in [9.17, 15) is 100 Å². The number of aliphatic carboxylic acids is 1. The van der Waals surface area contributed by atoms with E-state index in [2.05, 4.69) is 13.7 Å². The molecule has 20 atom stereocenters. The number of rotatable bonds is 23. The Bertz CT molecular complexity index is 2840. The van der Waals surface area contributed by atoms with Gasteiger partial charge in [-0.2, -0.15) is 38.4 Å². The van der Waals surface area contributed by atoms with Gasteiger partial charge in [-0.05, 0) is 41.5 Å². The van der Waals surface area contributed by atoms with E-state index in [1.165, 1.54) is 46.3 Å². The highest BCUT2D eigenvalue weighted by atomic mass is 32.3. The quantitative estimate of drug-likeness (QED) is 0.0257. The zero-order valence-corrected chi connectivity index (χ0v) is 48.8. The Morgan fingerprint density at radius 2 is 0.951 bits per heavy atom. The van der Waals surface area contributed by atoms with Crippen molar-refractivity contribution < 1.29 is 156 Å². The number of carboxylic acid groups (broad SMARTS) is 1. The second-order valence-corrected chi connectivity index (χ2v) is 27.3. The molecule has 82 heavy (non-hydrogen) atoms. The number of carbonyl (C=O) groups is 4. The highest BCUT2D eigenvalue weighted by Crippen LogP contribution is 2.38. The van der Waals surface area contributed by atoms with Gasteiger partial charge in [0.2, 0.25) is 21.8 Å². The number of carboxylic acids is 1. The van der Waals surface area contributed by atoms with Crippen molar-refractivity contribution in [1.29, 1.82) is 0 Å². The fourth-order valence-corrected chi connectivity index (χ4v) is 10.9. The topological polar surface area (TPSA) is 572 Å². The fourth-order valence-electron chi connectivity index (χ4n) is 8.37. The highest BCUT2D eigenvalue weighted by Gasteiger charge is 2.60. The molecule has 8 unspecified atom stereocenters. The molecular weight excluding hydrogens is 1230 g/mol. The molecule has 4 rings (SSSR count). The Morgan fingerprint density at radius 1 is 0.512 bits per heavy atom. The van der Waals surface area contributed by atoms with Gasteiger partial charge in [0.15, 0.2) is 43.5 Å². The number of carbonyl (C=O) groups excluding carboxylic acids is 3. The number of hydrogen-bond donors (Lipinski definition) is 13. The minimum absolute atomic E-state index is 0.367. The van der Waals surface area contributed by atoms with Crippen LogP contribution in [0.25, 0.3) is 0 Å². The largest absolute Gasteiger partial charge is 0.479 e. The smallest absolute Gasteiger partial charge is 0.397 e. The van der Waals surface area contributed by atoms with E-state index < -0.39 is 222 Å². The van der Waals surface area contributed by atoms with Crippen LogP contribution in [-0.4, -0.2) is 265 Å². The molecule has 4 aliphatic heterocycles. The zero-order valence-electron chi connectivity index (χ0n) is 44.7. The van der Waals surface area contributed by atoms with E-state index in [1.54, 1.807) is 0 Å². The molecule has 0 saturated carbocycles. The van der Waals surface area contributed by atoms with Gasteiger partial charge in [0.05, 0.1) is 36.9 Å². The number of sulfonamides is 1. The molecular formula is C38H67N5O34S5. The average molecular weight is 1300 g/mol. The van der Waals surface area contributed by atoms with E-state index >= 15 is 0 Å². The van der Waals surface area contributed by atoms with Crippen molar-refractivity contribution in [2.45, 2.75) is 189 Å². The van der Waals surface area contributed by atoms with Crippen molar-refractivity contribution >= 4 is 74.9 Å². The third-order valence-electron chi connectivity index (χ3n) is 11.2. The van der Waals surface area contributed by atoms with Crippen molar-refractivity contribution in [2.75, 3.05) is 25.7 Å². The third-order valence-corrected chi connectivity index (χ3v) is 13.9. The summed E-state index contributed by atoms with van der Waals surface area (Å²) in [5.41, 5.74) is 1.42. The van der Waals surface area contributed by atoms with Crippen LogP contribution in [0.15, 0.2) is 0 Å². The Kier molecular flexibility index (Phi) is 23.7. The van der Waals surface area contributed by atoms with Crippen LogP contribution in [-0.2, 0) is 126 Å². The zero-order chi connectivity index (χ0) is 62.8. The van der Waals surface area contributed by atoms with Crippen LogP contribution in [0.3, 0.4) is 0 Å². The maximum atomic E-state index is 13.5. The summed E-state index contributed by atoms with van der Waals surface area (Å²) in [4.78, 5) is 50.7. The summed E-state index contributed by atoms with van der Waals surface area (Å²) in [5, 5.41) is 60.3. The minimum atomic E-state index is -5.72. The van der Waals surface area contributed by atoms with Crippen LogP contribution in [0.2, 0.25) is 0 Å². The molecule has 13 N–H and O–H groups in total. The van der Waals surface area contributed by atoms with Gasteiger partial charge in [-0.1, -0.05) is 0 Å². The van der Waals surface area contributed by atoms with Crippen molar-refractivity contribution in [3.63, 3.8) is 0 Å². The number of nitrogens with one attached hydrogen (secondary N) is 5. The van der Waals surface area contributed by atoms with E-state index in [-0.39, 0.29) is 0 Å². The molecule has 0 spiro atoms. The lowest BCUT2D eigenvalue weighted by Crippen LogP contribution is -2.72. The van der Waals surface area contributed by atoms with E-state index in [1.807, 2.05) is 15.6 Å². The summed E-state index contributed by atoms with van der Waals surface area (Å²) in [7, 11) is -26.2. The first-order chi connectivity index (χ1) is 37.0. The van der Waals surface area contributed by atoms with Gasteiger partial charge in [-0.25, -0.2) is 26.3 Å². The summed E-state index contributed by atoms with van der Waals surface area (Å²) >= 11 is 0. The van der Waals surface area contributed by atoms with Gasteiger partial charge >= 0.3 is 37.1 Å². The average Bonchev–Trinajstić information content (AvgIpc) is 3.27. The SMILES string of the molecule is CC(=O)NNC(=O)C1O[C@@H](O[C@@H]2C(COS(=O)(=O)O)O[C@@H](O[C@@H]3C(C(=O)O)O[C@@H](O[C@@H]4C(COS(=O)(=O)O)O[C@@H](OC(C)(C)C)C(NC(C)=O)[C@H]4O)C(OS(C)(=O)=O)[C@H]3O)C(NS(=O)(=O)O)[C@H]2O)C(NS(C)(=O)=O)[C@@H](O)[C@@H]1OC(C)(C)C. The molecule has 4 fully saturated rings. The van der Waals surface area contributed by atoms with Gasteiger partial charge in [0, 0.05) is 13.8 Å². The van der Waals surface area contributed by atoms with Gasteiger partial charge in [0.1, 0.15) is 79.2 Å². The van der Waals surface area contributed by atoms with Crippen LogP contribution >= 0.6 is 0 Å². The molecule has 4 aliphatic rings. The molecule has 478 valence electrons. The summed E-state index contributed by atoms with van der Waals surface area (Å²) < 4.78 is 222. The molecule has 44 heteroatoms. The van der Waals surface area contributed by atoms with Gasteiger partial charge in [-0.3, -0.25) is 43.1 Å². The summed E-state index contributed by atoms with van der Waals surface area (Å²) in [6.07, 6.45) is -40.2. The molecule has 0 bridgehead atoms. The normalized spacial score (nSPS) is 35.5. The van der Waals surface area contributed by atoms with Crippen LogP contribution in [0.1, 0.15) is 55.4 Å². The molecule has 3 amide bonds. The van der Waals surface area contributed by atoms with Gasteiger partial charge in [0.25, 0.3) is 16.0 Å². The Balaban J connectivity index is 1.86. The lowest BCUT2D eigenvalue weighted by atomic mass is 9.93. The van der Waals surface area contributed by atoms with Crippen molar-refractivity contribution in [3.8, 4) is 0 Å². The maximum absolute atomic E-state index is 13.5. The molecule has 0 aromatic heterocycles. The summed E-state index contributed by atoms with van der Waals surface area (Å²) in [5.74, 6) is -5.25. The number of amides is 3. The van der Waals surface area contributed by atoms with Gasteiger partial charge in [-0.15, -0.1) is 0 Å². The highest BCUT2D eigenvalue weighted by molar-refractivity contribution is 7.88. The predicted molar refractivity (Wildman–Crippen MR) is 261 cm³/mol. The van der Waals surface area contributed by atoms with Crippen molar-refractivity contribution in [1.82, 2.24) is 25.6 Å². The second kappa shape index (κ2) is 27.2. The first kappa shape index (κ1) is 71.3. The summed E-state index contributed by atoms with van der Waals surface area (Å²) in [6, 6.07) is -6.57. The van der Waals surface area contributed by atoms with Gasteiger partial charge < -0.3 is 73.5 Å². The Labute approximate surface area is 469 Å². The number of ether oxygens (including phenoxy) is 9. The maximum Gasteiger partial charge on any atom is 0.397 e. The molecule has 0 aliphatic carbocycles. The van der Waals surface area contributed by atoms with Crippen molar-refractivity contribution in [2.24, 2.45) is 0 Å². The van der Waals surface area contributed by atoms with Crippen LogP contribution in [0.4, 0.5) is 0 Å². The first-order valence-electron chi connectivity index (χ1n) is 23.6. The fraction of sp³-hybridized carbons (Fsp3) is 0.895. The Morgan fingerprint density at radius 3 is 1.39 bits per heavy atom. The first-order valence-corrected chi connectivity index (χ1v) is 31.5. The number of hydrazine groups is 1. The molecule has 0 radical (unpaired) electrons. The number of aliphatic hydroxyl groups excluding tert-OH is 4. The molecule has 0 aromatic rings. The summed E-state index contributed by atoms with van der Waals surface area (Å²) in [6.45, 7) is 7.77. The lowest BCUT2D eigenvalue weighted by molar-refractivity contribution is -0.367. The Hall–Kier alpha value is -3.21. The van der Waals surface area contributed by atoms with E-state index in [0.29, 0.717) is 12.5 Å². The van der Waals surface area contributed by atoms with Crippen LogP contribution in [0.5, 0.6) is 0 Å². The number of aliphatic hydroxyl groups is 4. The van der Waals surface area contributed by atoms with E-state index in [0.717, 1.165) is 13.8 Å². The van der Waals surface area contributed by atoms with Crippen LogP contribution < -0.4 is 25.6 Å². The second-order valence-electron chi connectivity index (χ2n) is 20.6. The monoisotopic (exact) mass is 1300 g/mol. The predicted octanol–water partition coefficient (Wildman–Crippen LogP) is -8.10. The minimum Gasteiger partial charge on any atom is -0.479 e. The molecule has 4 saturated heterocycles. The molecule has 0 aromatic carbocycles. The van der Waals surface area contributed by atoms with Crippen molar-refractivity contribution in [3.05, 3.63) is 0 Å².